The number of piperidine rings is 1. The third-order valence-electron chi connectivity index (χ3n) is 5.86. The van der Waals surface area contributed by atoms with Crippen LogP contribution >= 0.6 is 0 Å². The molecule has 0 aromatic heterocycles. The minimum atomic E-state index is -2.82. The van der Waals surface area contributed by atoms with E-state index in [0.717, 1.165) is 25.8 Å². The average molecular weight is 301 g/mol. The molecule has 6 heteroatoms. The van der Waals surface area contributed by atoms with Crippen LogP contribution in [0.3, 0.4) is 0 Å². The van der Waals surface area contributed by atoms with Gasteiger partial charge in [0.25, 0.3) is 0 Å². The van der Waals surface area contributed by atoms with Crippen LogP contribution in [0.1, 0.15) is 32.1 Å². The maximum absolute atomic E-state index is 11.7. The SMILES string of the molecule is CN(C1CCS(=O)(=O)C1)C1(CN)CCN2CCCC2C1. The first-order valence-electron chi connectivity index (χ1n) is 7.83. The highest BCUT2D eigenvalue weighted by Crippen LogP contribution is 2.38. The third kappa shape index (κ3) is 2.51. The largest absolute Gasteiger partial charge is 0.329 e. The van der Waals surface area contributed by atoms with Gasteiger partial charge in [-0.05, 0) is 45.7 Å². The number of nitrogens with two attached hydrogens (primary N) is 1. The molecule has 0 saturated carbocycles. The van der Waals surface area contributed by atoms with Crippen molar-refractivity contribution in [3.05, 3.63) is 0 Å². The summed E-state index contributed by atoms with van der Waals surface area (Å²) >= 11 is 0. The van der Waals surface area contributed by atoms with Gasteiger partial charge in [-0.15, -0.1) is 0 Å². The van der Waals surface area contributed by atoms with Crippen molar-refractivity contribution >= 4 is 9.84 Å². The van der Waals surface area contributed by atoms with Gasteiger partial charge in [0.1, 0.15) is 0 Å². The molecule has 0 aromatic rings. The maximum Gasteiger partial charge on any atom is 0.151 e. The van der Waals surface area contributed by atoms with Gasteiger partial charge in [0.15, 0.2) is 9.84 Å². The molecule has 0 aromatic carbocycles. The highest BCUT2D eigenvalue weighted by Gasteiger charge is 2.46. The van der Waals surface area contributed by atoms with Gasteiger partial charge in [0.2, 0.25) is 0 Å². The van der Waals surface area contributed by atoms with E-state index >= 15 is 0 Å². The lowest BCUT2D eigenvalue weighted by atomic mass is 9.81. The predicted octanol–water partition coefficient (Wildman–Crippen LogP) is 0.0610. The van der Waals surface area contributed by atoms with Crippen molar-refractivity contribution in [2.75, 3.05) is 38.2 Å². The van der Waals surface area contributed by atoms with Gasteiger partial charge in [0, 0.05) is 30.7 Å². The second-order valence-corrected chi connectivity index (χ2v) is 9.11. The van der Waals surface area contributed by atoms with E-state index < -0.39 is 9.84 Å². The zero-order valence-corrected chi connectivity index (χ0v) is 13.2. The standard InChI is InChI=1S/C14H27N3O2S/c1-16(13-4-8-20(18,19)10-13)14(11-15)5-7-17-6-2-3-12(17)9-14/h12-13H,2-11,15H2,1H3. The first-order chi connectivity index (χ1) is 9.46. The molecule has 3 aliphatic heterocycles. The number of rotatable bonds is 3. The predicted molar refractivity (Wildman–Crippen MR) is 80.4 cm³/mol. The maximum atomic E-state index is 11.7. The summed E-state index contributed by atoms with van der Waals surface area (Å²) in [4.78, 5) is 4.92. The summed E-state index contributed by atoms with van der Waals surface area (Å²) in [7, 11) is -0.724. The van der Waals surface area contributed by atoms with Gasteiger partial charge in [-0.1, -0.05) is 0 Å². The molecule has 0 aliphatic carbocycles. The van der Waals surface area contributed by atoms with E-state index in [1.54, 1.807) is 0 Å². The van der Waals surface area contributed by atoms with Gasteiger partial charge in [-0.2, -0.15) is 0 Å². The lowest BCUT2D eigenvalue weighted by Crippen LogP contribution is -2.62. The molecule has 0 radical (unpaired) electrons. The fourth-order valence-electron chi connectivity index (χ4n) is 4.43. The Kier molecular flexibility index (Phi) is 3.86. The summed E-state index contributed by atoms with van der Waals surface area (Å²) in [5, 5.41) is 0. The summed E-state index contributed by atoms with van der Waals surface area (Å²) in [6.45, 7) is 2.99. The van der Waals surface area contributed by atoms with Crippen LogP contribution in [0, 0.1) is 0 Å². The summed E-state index contributed by atoms with van der Waals surface area (Å²) in [6, 6.07) is 0.823. The second kappa shape index (κ2) is 5.23. The molecule has 2 N–H and O–H groups in total. The quantitative estimate of drug-likeness (QED) is 0.798. The molecule has 3 unspecified atom stereocenters. The lowest BCUT2D eigenvalue weighted by molar-refractivity contribution is 0.00702. The topological polar surface area (TPSA) is 66.6 Å². The molecule has 20 heavy (non-hydrogen) atoms. The number of fused-ring (bicyclic) bond motifs is 1. The summed E-state index contributed by atoms with van der Waals surface area (Å²) in [6.07, 6.45) is 5.53. The summed E-state index contributed by atoms with van der Waals surface area (Å²) < 4.78 is 23.5. The molecule has 3 fully saturated rings. The Balaban J connectivity index is 1.75. The van der Waals surface area contributed by atoms with Crippen LogP contribution < -0.4 is 5.73 Å². The van der Waals surface area contributed by atoms with Crippen molar-refractivity contribution in [2.45, 2.75) is 49.7 Å². The van der Waals surface area contributed by atoms with Crippen LogP contribution in [0.15, 0.2) is 0 Å². The molecule has 3 saturated heterocycles. The van der Waals surface area contributed by atoms with Gasteiger partial charge < -0.3 is 10.6 Å². The minimum Gasteiger partial charge on any atom is -0.329 e. The van der Waals surface area contributed by atoms with Crippen LogP contribution in [-0.2, 0) is 9.84 Å². The zero-order valence-electron chi connectivity index (χ0n) is 12.4. The minimum absolute atomic E-state index is 0.00995. The molecule has 3 rings (SSSR count). The van der Waals surface area contributed by atoms with Crippen molar-refractivity contribution in [1.82, 2.24) is 9.80 Å². The third-order valence-corrected chi connectivity index (χ3v) is 7.61. The first-order valence-corrected chi connectivity index (χ1v) is 9.65. The molecular formula is C14H27N3O2S. The van der Waals surface area contributed by atoms with E-state index in [2.05, 4.69) is 16.8 Å². The van der Waals surface area contributed by atoms with Crippen LogP contribution in [0.25, 0.3) is 0 Å². The smallest absolute Gasteiger partial charge is 0.151 e. The highest BCUT2D eigenvalue weighted by molar-refractivity contribution is 7.91. The second-order valence-electron chi connectivity index (χ2n) is 6.88. The monoisotopic (exact) mass is 301 g/mol. The molecule has 0 spiro atoms. The number of hydrogen-bond acceptors (Lipinski definition) is 5. The number of hydrogen-bond donors (Lipinski definition) is 1. The van der Waals surface area contributed by atoms with Crippen molar-refractivity contribution in [3.8, 4) is 0 Å². The van der Waals surface area contributed by atoms with Crippen LogP contribution in [0.2, 0.25) is 0 Å². The molecular weight excluding hydrogens is 274 g/mol. The van der Waals surface area contributed by atoms with Gasteiger partial charge in [-0.25, -0.2) is 8.42 Å². The molecule has 3 aliphatic rings. The molecule has 0 amide bonds. The Hall–Kier alpha value is -0.170. The Bertz CT molecular complexity index is 467. The van der Waals surface area contributed by atoms with Crippen LogP contribution in [0.4, 0.5) is 0 Å². The normalized spacial score (nSPS) is 41.1. The Labute approximate surface area is 122 Å². The fraction of sp³-hybridized carbons (Fsp3) is 1.00. The summed E-state index contributed by atoms with van der Waals surface area (Å²) in [5.41, 5.74) is 6.16. The Morgan fingerprint density at radius 3 is 2.80 bits per heavy atom. The average Bonchev–Trinajstić information content (AvgIpc) is 3.02. The van der Waals surface area contributed by atoms with Crippen molar-refractivity contribution in [3.63, 3.8) is 0 Å². The molecule has 3 heterocycles. The van der Waals surface area contributed by atoms with Gasteiger partial charge >= 0.3 is 0 Å². The molecule has 3 atom stereocenters. The molecule has 5 nitrogen and oxygen atoms in total. The van der Waals surface area contributed by atoms with E-state index in [0.29, 0.717) is 24.1 Å². The fourth-order valence-corrected chi connectivity index (χ4v) is 6.21. The van der Waals surface area contributed by atoms with Gasteiger partial charge in [0.05, 0.1) is 11.5 Å². The van der Waals surface area contributed by atoms with Crippen LogP contribution in [-0.4, -0.2) is 74.0 Å². The van der Waals surface area contributed by atoms with Crippen molar-refractivity contribution in [2.24, 2.45) is 5.73 Å². The Morgan fingerprint density at radius 1 is 1.35 bits per heavy atom. The van der Waals surface area contributed by atoms with Crippen molar-refractivity contribution in [1.29, 1.82) is 0 Å². The van der Waals surface area contributed by atoms with Crippen LogP contribution in [0.5, 0.6) is 0 Å². The summed E-state index contributed by atoms with van der Waals surface area (Å²) in [5.74, 6) is 0.665. The lowest BCUT2D eigenvalue weighted by Gasteiger charge is -2.50. The number of sulfone groups is 1. The van der Waals surface area contributed by atoms with E-state index in [4.69, 9.17) is 5.73 Å². The first kappa shape index (κ1) is 14.8. The Morgan fingerprint density at radius 2 is 2.15 bits per heavy atom. The number of likely N-dealkylation sites (N-methyl/N-ethyl adjacent to an activating group) is 1. The highest BCUT2D eigenvalue weighted by atomic mass is 32.2. The molecule has 0 bridgehead atoms. The van der Waals surface area contributed by atoms with Crippen molar-refractivity contribution < 1.29 is 8.42 Å². The van der Waals surface area contributed by atoms with Gasteiger partial charge in [-0.3, -0.25) is 4.90 Å². The molecule has 116 valence electrons. The van der Waals surface area contributed by atoms with E-state index in [9.17, 15) is 8.42 Å². The van der Waals surface area contributed by atoms with E-state index in [-0.39, 0.29) is 11.6 Å². The van der Waals surface area contributed by atoms with E-state index in [1.807, 2.05) is 0 Å². The number of nitrogens with zero attached hydrogens (tertiary/aromatic N) is 2. The zero-order chi connectivity index (χ0) is 14.4. The van der Waals surface area contributed by atoms with E-state index in [1.165, 1.54) is 19.4 Å².